The first kappa shape index (κ1) is 19.6. The highest BCUT2D eigenvalue weighted by molar-refractivity contribution is 7.89. The largest absolute Gasteiger partial charge is 0.383 e. The van der Waals surface area contributed by atoms with Gasteiger partial charge in [-0.1, -0.05) is 6.07 Å². The lowest BCUT2D eigenvalue weighted by Crippen LogP contribution is -2.33. The number of ether oxygens (including phenoxy) is 1. The fraction of sp³-hybridized carbons (Fsp3) is 0.533. The average molecular weight is 343 g/mol. The van der Waals surface area contributed by atoms with E-state index < -0.39 is 10.0 Å². The Bertz CT molecular complexity index is 632. The third-order valence-corrected chi connectivity index (χ3v) is 4.85. The van der Waals surface area contributed by atoms with Gasteiger partial charge in [-0.2, -0.15) is 0 Å². The van der Waals surface area contributed by atoms with Crippen molar-refractivity contribution in [3.05, 3.63) is 29.3 Å². The highest BCUT2D eigenvalue weighted by Crippen LogP contribution is 2.17. The van der Waals surface area contributed by atoms with Crippen molar-refractivity contribution in [2.45, 2.75) is 11.8 Å². The third-order valence-electron chi connectivity index (χ3n) is 3.39. The molecule has 1 rings (SSSR count). The summed E-state index contributed by atoms with van der Waals surface area (Å²) in [6.07, 6.45) is 0. The molecule has 0 spiro atoms. The molecule has 7 nitrogen and oxygen atoms in total. The van der Waals surface area contributed by atoms with Gasteiger partial charge in [0, 0.05) is 39.4 Å². The first-order chi connectivity index (χ1) is 10.8. The predicted molar refractivity (Wildman–Crippen MR) is 89.1 cm³/mol. The second-order valence-electron chi connectivity index (χ2n) is 5.20. The molecule has 0 unspecified atom stereocenters. The van der Waals surface area contributed by atoms with Gasteiger partial charge >= 0.3 is 0 Å². The number of nitrogens with zero attached hydrogens (tertiary/aromatic N) is 1. The molecule has 0 bridgehead atoms. The predicted octanol–water partition coefficient (Wildman–Crippen LogP) is 0.211. The number of amides is 1. The molecular formula is C15H25N3O4S. The molecule has 0 radical (unpaired) electrons. The van der Waals surface area contributed by atoms with E-state index in [4.69, 9.17) is 4.74 Å². The van der Waals surface area contributed by atoms with Crippen LogP contribution in [-0.2, 0) is 14.8 Å². The number of rotatable bonds is 9. The standard InChI is InChI=1S/C15H25N3O4S/c1-12-5-6-13(23(20,21)17-8-10-22-4)11-14(12)15(19)18(3)9-7-16-2/h5-6,11,16-17H,7-10H2,1-4H3. The summed E-state index contributed by atoms with van der Waals surface area (Å²) in [6, 6.07) is 4.56. The summed E-state index contributed by atoms with van der Waals surface area (Å²) in [5.74, 6) is -0.202. The van der Waals surface area contributed by atoms with Crippen LogP contribution in [0.15, 0.2) is 23.1 Å². The van der Waals surface area contributed by atoms with Gasteiger partial charge in [-0.25, -0.2) is 13.1 Å². The Morgan fingerprint density at radius 3 is 2.61 bits per heavy atom. The molecule has 0 aliphatic rings. The molecule has 1 aromatic carbocycles. The maximum atomic E-state index is 12.5. The molecule has 0 aliphatic carbocycles. The molecule has 0 aliphatic heterocycles. The highest BCUT2D eigenvalue weighted by Gasteiger charge is 2.19. The SMILES string of the molecule is CNCCN(C)C(=O)c1cc(S(=O)(=O)NCCOC)ccc1C. The van der Waals surface area contributed by atoms with Gasteiger partial charge in [-0.15, -0.1) is 0 Å². The highest BCUT2D eigenvalue weighted by atomic mass is 32.2. The van der Waals surface area contributed by atoms with E-state index in [0.29, 0.717) is 18.7 Å². The molecule has 0 heterocycles. The number of likely N-dealkylation sites (N-methyl/N-ethyl adjacent to an activating group) is 2. The fourth-order valence-corrected chi connectivity index (χ4v) is 2.99. The van der Waals surface area contributed by atoms with Crippen molar-refractivity contribution < 1.29 is 17.9 Å². The smallest absolute Gasteiger partial charge is 0.253 e. The third kappa shape index (κ3) is 5.58. The van der Waals surface area contributed by atoms with Crippen LogP contribution in [-0.4, -0.2) is 66.7 Å². The van der Waals surface area contributed by atoms with Crippen molar-refractivity contribution in [1.29, 1.82) is 0 Å². The van der Waals surface area contributed by atoms with Crippen LogP contribution in [0.25, 0.3) is 0 Å². The lowest BCUT2D eigenvalue weighted by atomic mass is 10.1. The molecular weight excluding hydrogens is 318 g/mol. The first-order valence-electron chi connectivity index (χ1n) is 7.32. The van der Waals surface area contributed by atoms with Crippen molar-refractivity contribution in [1.82, 2.24) is 14.9 Å². The van der Waals surface area contributed by atoms with Crippen LogP contribution in [0, 0.1) is 6.92 Å². The lowest BCUT2D eigenvalue weighted by Gasteiger charge is -2.18. The zero-order valence-corrected chi connectivity index (χ0v) is 14.9. The zero-order chi connectivity index (χ0) is 17.5. The number of carbonyl (C=O) groups excluding carboxylic acids is 1. The number of hydrogen-bond acceptors (Lipinski definition) is 5. The van der Waals surface area contributed by atoms with Crippen molar-refractivity contribution in [2.24, 2.45) is 0 Å². The van der Waals surface area contributed by atoms with Gasteiger partial charge in [0.2, 0.25) is 10.0 Å². The molecule has 130 valence electrons. The Kier molecular flexibility index (Phi) is 7.63. The van der Waals surface area contributed by atoms with E-state index >= 15 is 0 Å². The minimum absolute atomic E-state index is 0.0737. The second kappa shape index (κ2) is 8.97. The van der Waals surface area contributed by atoms with Crippen LogP contribution in [0.4, 0.5) is 0 Å². The van der Waals surface area contributed by atoms with Crippen molar-refractivity contribution in [3.63, 3.8) is 0 Å². The van der Waals surface area contributed by atoms with E-state index in [0.717, 1.165) is 5.56 Å². The number of sulfonamides is 1. The summed E-state index contributed by atoms with van der Waals surface area (Å²) in [7, 11) is 1.34. The topological polar surface area (TPSA) is 87.7 Å². The van der Waals surface area contributed by atoms with E-state index in [1.807, 2.05) is 7.05 Å². The Hall–Kier alpha value is -1.48. The monoisotopic (exact) mass is 343 g/mol. The van der Waals surface area contributed by atoms with Crippen molar-refractivity contribution >= 4 is 15.9 Å². The Balaban J connectivity index is 3.01. The van der Waals surface area contributed by atoms with Crippen LogP contribution >= 0.6 is 0 Å². The zero-order valence-electron chi connectivity index (χ0n) is 14.0. The molecule has 23 heavy (non-hydrogen) atoms. The van der Waals surface area contributed by atoms with Crippen LogP contribution in [0.5, 0.6) is 0 Å². The molecule has 1 aromatic rings. The van der Waals surface area contributed by atoms with E-state index in [2.05, 4.69) is 10.0 Å². The minimum Gasteiger partial charge on any atom is -0.383 e. The van der Waals surface area contributed by atoms with E-state index in [1.54, 1.807) is 24.9 Å². The van der Waals surface area contributed by atoms with Crippen LogP contribution in [0.3, 0.4) is 0 Å². The number of hydrogen-bond donors (Lipinski definition) is 2. The van der Waals surface area contributed by atoms with Gasteiger partial charge in [0.25, 0.3) is 5.91 Å². The minimum atomic E-state index is -3.66. The van der Waals surface area contributed by atoms with Crippen LogP contribution < -0.4 is 10.0 Å². The number of nitrogens with one attached hydrogen (secondary N) is 2. The summed E-state index contributed by atoms with van der Waals surface area (Å²) in [5.41, 5.74) is 1.13. The van der Waals surface area contributed by atoms with Gasteiger partial charge in [0.15, 0.2) is 0 Å². The van der Waals surface area contributed by atoms with Crippen molar-refractivity contribution in [3.8, 4) is 0 Å². The molecule has 8 heteroatoms. The summed E-state index contributed by atoms with van der Waals surface area (Å²) in [4.78, 5) is 14.1. The Morgan fingerprint density at radius 2 is 2.00 bits per heavy atom. The molecule has 1 amide bonds. The van der Waals surface area contributed by atoms with Gasteiger partial charge in [0.05, 0.1) is 11.5 Å². The lowest BCUT2D eigenvalue weighted by molar-refractivity contribution is 0.0796. The summed E-state index contributed by atoms with van der Waals surface area (Å²) < 4.78 is 31.7. The fourth-order valence-electron chi connectivity index (χ4n) is 1.95. The van der Waals surface area contributed by atoms with E-state index in [9.17, 15) is 13.2 Å². The summed E-state index contributed by atoms with van der Waals surface area (Å²) in [5, 5.41) is 2.97. The van der Waals surface area contributed by atoms with Gasteiger partial charge in [-0.3, -0.25) is 4.79 Å². The van der Waals surface area contributed by atoms with Crippen molar-refractivity contribution in [2.75, 3.05) is 47.4 Å². The first-order valence-corrected chi connectivity index (χ1v) is 8.81. The maximum Gasteiger partial charge on any atom is 0.253 e. The summed E-state index contributed by atoms with van der Waals surface area (Å²) in [6.45, 7) is 3.45. The van der Waals surface area contributed by atoms with Crippen LogP contribution in [0.2, 0.25) is 0 Å². The van der Waals surface area contributed by atoms with Gasteiger partial charge < -0.3 is 15.0 Å². The van der Waals surface area contributed by atoms with Crippen LogP contribution in [0.1, 0.15) is 15.9 Å². The Labute approximate surface area is 138 Å². The van der Waals surface area contributed by atoms with E-state index in [-0.39, 0.29) is 24.0 Å². The molecule has 0 aromatic heterocycles. The number of benzene rings is 1. The number of carbonyl (C=O) groups is 1. The molecule has 0 atom stereocenters. The molecule has 0 saturated heterocycles. The van der Waals surface area contributed by atoms with Gasteiger partial charge in [0.1, 0.15) is 0 Å². The average Bonchev–Trinajstić information content (AvgIpc) is 2.52. The molecule has 0 saturated carbocycles. The maximum absolute atomic E-state index is 12.5. The van der Waals surface area contributed by atoms with Gasteiger partial charge in [-0.05, 0) is 31.7 Å². The molecule has 0 fully saturated rings. The van der Waals surface area contributed by atoms with E-state index in [1.165, 1.54) is 19.2 Å². The number of aryl methyl sites for hydroxylation is 1. The number of methoxy groups -OCH3 is 1. The molecule has 2 N–H and O–H groups in total. The summed E-state index contributed by atoms with van der Waals surface area (Å²) >= 11 is 0. The quantitative estimate of drug-likeness (QED) is 0.626. The normalized spacial score (nSPS) is 11.5. The second-order valence-corrected chi connectivity index (χ2v) is 6.96. The Morgan fingerprint density at radius 1 is 1.30 bits per heavy atom.